The predicted molar refractivity (Wildman–Crippen MR) is 124 cm³/mol. The molecule has 1 fully saturated rings. The number of benzene rings is 2. The average molecular weight is 435 g/mol. The normalized spacial score (nSPS) is 13.8. The maximum Gasteiger partial charge on any atom is 0.236 e. The Morgan fingerprint density at radius 1 is 1.00 bits per heavy atom. The molecule has 0 bridgehead atoms. The molecule has 0 saturated carbocycles. The zero-order valence-electron chi connectivity index (χ0n) is 18.1. The molecule has 3 aromatic rings. The van der Waals surface area contributed by atoms with Crippen LogP contribution in [0, 0.1) is 5.82 Å². The minimum absolute atomic E-state index is 0.0000415. The van der Waals surface area contributed by atoms with Crippen LogP contribution in [-0.2, 0) is 11.3 Å². The van der Waals surface area contributed by atoms with Gasteiger partial charge >= 0.3 is 0 Å². The van der Waals surface area contributed by atoms with Crippen LogP contribution in [-0.4, -0.2) is 60.5 Å². The van der Waals surface area contributed by atoms with Crippen LogP contribution in [0.2, 0.25) is 0 Å². The van der Waals surface area contributed by atoms with Crippen LogP contribution in [0.15, 0.2) is 60.9 Å². The lowest BCUT2D eigenvalue weighted by Crippen LogP contribution is -2.47. The molecule has 0 aliphatic carbocycles. The minimum Gasteiger partial charge on any atom is -0.366 e. The fourth-order valence-corrected chi connectivity index (χ4v) is 3.86. The third-order valence-corrected chi connectivity index (χ3v) is 5.67. The third kappa shape index (κ3) is 4.86. The van der Waals surface area contributed by atoms with Crippen LogP contribution in [0.4, 0.5) is 16.0 Å². The summed E-state index contributed by atoms with van der Waals surface area (Å²) in [7, 11) is 1.74. The average Bonchev–Trinajstić information content (AvgIpc) is 2.84. The van der Waals surface area contributed by atoms with E-state index < -0.39 is 0 Å². The number of amides is 1. The van der Waals surface area contributed by atoms with Gasteiger partial charge in [-0.3, -0.25) is 4.79 Å². The summed E-state index contributed by atoms with van der Waals surface area (Å²) in [5, 5.41) is 0. The van der Waals surface area contributed by atoms with Gasteiger partial charge in [0.2, 0.25) is 11.9 Å². The summed E-state index contributed by atoms with van der Waals surface area (Å²) >= 11 is 0. The molecule has 8 heteroatoms. The van der Waals surface area contributed by atoms with E-state index in [1.165, 1.54) is 6.07 Å². The number of para-hydroxylation sites is 1. The van der Waals surface area contributed by atoms with Crippen molar-refractivity contribution < 1.29 is 9.18 Å². The Morgan fingerprint density at radius 2 is 1.69 bits per heavy atom. The second-order valence-electron chi connectivity index (χ2n) is 7.85. The van der Waals surface area contributed by atoms with Gasteiger partial charge in [0.25, 0.3) is 0 Å². The zero-order chi connectivity index (χ0) is 22.5. The van der Waals surface area contributed by atoms with Crippen molar-refractivity contribution in [3.8, 4) is 11.1 Å². The van der Waals surface area contributed by atoms with E-state index in [4.69, 9.17) is 5.73 Å². The molecule has 32 heavy (non-hydrogen) atoms. The van der Waals surface area contributed by atoms with Crippen LogP contribution in [0.1, 0.15) is 5.56 Å². The maximum atomic E-state index is 14.1. The number of rotatable bonds is 6. The highest BCUT2D eigenvalue weighted by Gasteiger charge is 2.21. The lowest BCUT2D eigenvalue weighted by molar-refractivity contribution is -0.128. The van der Waals surface area contributed by atoms with Gasteiger partial charge < -0.3 is 20.4 Å². The van der Waals surface area contributed by atoms with E-state index >= 15 is 0 Å². The number of hydrogen-bond acceptors (Lipinski definition) is 6. The Morgan fingerprint density at radius 3 is 2.38 bits per heavy atom. The Labute approximate surface area is 187 Å². The van der Waals surface area contributed by atoms with Crippen molar-refractivity contribution in [3.63, 3.8) is 0 Å². The lowest BCUT2D eigenvalue weighted by Gasteiger charge is -2.36. The molecule has 1 aliphatic rings. The molecule has 1 aliphatic heterocycles. The van der Waals surface area contributed by atoms with E-state index in [1.807, 2.05) is 48.8 Å². The van der Waals surface area contributed by atoms with Crippen molar-refractivity contribution in [2.24, 2.45) is 5.73 Å². The third-order valence-electron chi connectivity index (χ3n) is 5.67. The van der Waals surface area contributed by atoms with E-state index in [0.717, 1.165) is 29.8 Å². The van der Waals surface area contributed by atoms with Crippen molar-refractivity contribution in [1.82, 2.24) is 14.9 Å². The molecular formula is C24H27FN6O. The summed E-state index contributed by atoms with van der Waals surface area (Å²) in [6.07, 6.45) is 3.64. The fourth-order valence-electron chi connectivity index (χ4n) is 3.86. The quantitative estimate of drug-likeness (QED) is 0.642. The Bertz CT molecular complexity index is 1070. The number of piperazine rings is 1. The van der Waals surface area contributed by atoms with Crippen LogP contribution in [0.25, 0.3) is 11.1 Å². The van der Waals surface area contributed by atoms with Crippen LogP contribution >= 0.6 is 0 Å². The molecule has 0 radical (unpaired) electrons. The standard InChI is InChI=1S/C24H27FN6O/c1-29(23(32)14-26)17-18-5-4-6-19(13-18)20-15-27-24(28-16-20)31-11-9-30(10-12-31)22-8-3-2-7-21(22)25/h2-8,13,15-16H,9-12,14,17,26H2,1H3. The van der Waals surface area contributed by atoms with Crippen molar-refractivity contribution in [2.75, 3.05) is 49.6 Å². The topological polar surface area (TPSA) is 78.6 Å². The number of likely N-dealkylation sites (N-methyl/N-ethyl adjacent to an activating group) is 1. The summed E-state index contributed by atoms with van der Waals surface area (Å²) in [4.78, 5) is 26.6. The second kappa shape index (κ2) is 9.74. The van der Waals surface area contributed by atoms with Crippen molar-refractivity contribution in [2.45, 2.75) is 6.54 Å². The van der Waals surface area contributed by atoms with Gasteiger partial charge in [-0.05, 0) is 29.3 Å². The van der Waals surface area contributed by atoms with Gasteiger partial charge in [-0.15, -0.1) is 0 Å². The molecule has 166 valence electrons. The predicted octanol–water partition coefficient (Wildman–Crippen LogP) is 2.53. The molecule has 4 rings (SSSR count). The van der Waals surface area contributed by atoms with Crippen LogP contribution in [0.3, 0.4) is 0 Å². The molecule has 0 unspecified atom stereocenters. The monoisotopic (exact) mass is 434 g/mol. The molecule has 1 amide bonds. The zero-order valence-corrected chi connectivity index (χ0v) is 18.1. The molecule has 7 nitrogen and oxygen atoms in total. The Balaban J connectivity index is 1.40. The van der Waals surface area contributed by atoms with Gasteiger partial charge in [0.15, 0.2) is 0 Å². The fraction of sp³-hybridized carbons (Fsp3) is 0.292. The summed E-state index contributed by atoms with van der Waals surface area (Å²) in [6, 6.07) is 14.8. The van der Waals surface area contributed by atoms with Gasteiger partial charge in [0.1, 0.15) is 5.82 Å². The summed E-state index contributed by atoms with van der Waals surface area (Å²) < 4.78 is 14.1. The highest BCUT2D eigenvalue weighted by atomic mass is 19.1. The van der Waals surface area contributed by atoms with E-state index in [2.05, 4.69) is 19.8 Å². The smallest absolute Gasteiger partial charge is 0.236 e. The molecule has 1 aromatic heterocycles. The minimum atomic E-state index is -0.192. The summed E-state index contributed by atoms with van der Waals surface area (Å²) in [5.41, 5.74) is 8.99. The number of nitrogens with zero attached hydrogens (tertiary/aromatic N) is 5. The Hall–Kier alpha value is -3.52. The Kier molecular flexibility index (Phi) is 6.61. The first-order valence-corrected chi connectivity index (χ1v) is 10.6. The van der Waals surface area contributed by atoms with Crippen LogP contribution in [0.5, 0.6) is 0 Å². The van der Waals surface area contributed by atoms with E-state index in [9.17, 15) is 9.18 Å². The second-order valence-corrected chi connectivity index (χ2v) is 7.85. The first-order chi connectivity index (χ1) is 15.5. The highest BCUT2D eigenvalue weighted by molar-refractivity contribution is 5.77. The molecule has 0 atom stereocenters. The van der Waals surface area contributed by atoms with Gasteiger partial charge in [0, 0.05) is 57.7 Å². The van der Waals surface area contributed by atoms with Gasteiger partial charge in [-0.25, -0.2) is 14.4 Å². The first kappa shape index (κ1) is 21.7. The van der Waals surface area contributed by atoms with Crippen molar-refractivity contribution >= 4 is 17.5 Å². The summed E-state index contributed by atoms with van der Waals surface area (Å²) in [6.45, 7) is 3.37. The summed E-state index contributed by atoms with van der Waals surface area (Å²) in [5.74, 6) is 0.381. The van der Waals surface area contributed by atoms with Gasteiger partial charge in [-0.2, -0.15) is 0 Å². The number of halogens is 1. The molecule has 0 spiro atoms. The lowest BCUT2D eigenvalue weighted by atomic mass is 10.1. The first-order valence-electron chi connectivity index (χ1n) is 10.6. The van der Waals surface area contributed by atoms with Crippen molar-refractivity contribution in [3.05, 3.63) is 72.3 Å². The molecular weight excluding hydrogens is 407 g/mol. The number of anilines is 2. The number of carbonyl (C=O) groups is 1. The largest absolute Gasteiger partial charge is 0.366 e. The van der Waals surface area contributed by atoms with E-state index in [1.54, 1.807) is 18.0 Å². The number of carbonyl (C=O) groups excluding carboxylic acids is 1. The molecule has 1 saturated heterocycles. The maximum absolute atomic E-state index is 14.1. The number of hydrogen-bond donors (Lipinski definition) is 1. The highest BCUT2D eigenvalue weighted by Crippen LogP contribution is 2.23. The van der Waals surface area contributed by atoms with Gasteiger partial charge in [0.05, 0.1) is 12.2 Å². The van der Waals surface area contributed by atoms with Crippen LogP contribution < -0.4 is 15.5 Å². The van der Waals surface area contributed by atoms with E-state index in [0.29, 0.717) is 31.3 Å². The van der Waals surface area contributed by atoms with Gasteiger partial charge in [-0.1, -0.05) is 30.3 Å². The number of nitrogens with two attached hydrogens (primary N) is 1. The molecule has 2 heterocycles. The molecule has 2 aromatic carbocycles. The van der Waals surface area contributed by atoms with E-state index in [-0.39, 0.29) is 18.3 Å². The molecule has 2 N–H and O–H groups in total. The SMILES string of the molecule is CN(Cc1cccc(-c2cnc(N3CCN(c4ccccc4F)CC3)nc2)c1)C(=O)CN. The number of aromatic nitrogens is 2. The van der Waals surface area contributed by atoms with Crippen molar-refractivity contribution in [1.29, 1.82) is 0 Å².